The molecule has 1 fully saturated rings. The highest BCUT2D eigenvalue weighted by Crippen LogP contribution is 2.32. The molecule has 1 aliphatic heterocycles. The van der Waals surface area contributed by atoms with E-state index in [1.807, 2.05) is 31.2 Å². The Kier molecular flexibility index (Phi) is 6.20. The summed E-state index contributed by atoms with van der Waals surface area (Å²) < 4.78 is 0. The van der Waals surface area contributed by atoms with Crippen LogP contribution in [0.1, 0.15) is 37.1 Å². The Bertz CT molecular complexity index is 1260. The first-order valence-corrected chi connectivity index (χ1v) is 12.3. The summed E-state index contributed by atoms with van der Waals surface area (Å²) in [6.45, 7) is 2.42. The second-order valence-electron chi connectivity index (χ2n) is 8.81. The molecule has 5 rings (SSSR count). The largest absolute Gasteiger partial charge is 0.380 e. The molecular formula is C24H26N6O3S. The smallest absolute Gasteiger partial charge is 0.256 e. The number of nitrogens with zero attached hydrogens (tertiary/aromatic N) is 3. The first-order valence-electron chi connectivity index (χ1n) is 11.3. The minimum absolute atomic E-state index is 0.0365. The van der Waals surface area contributed by atoms with Crippen LogP contribution in [0.4, 0.5) is 11.5 Å². The fraction of sp³-hybridized carbons (Fsp3) is 0.375. The van der Waals surface area contributed by atoms with Crippen LogP contribution < -0.4 is 16.0 Å². The van der Waals surface area contributed by atoms with Crippen molar-refractivity contribution in [3.8, 4) is 0 Å². The highest BCUT2D eigenvalue weighted by Gasteiger charge is 2.40. The lowest BCUT2D eigenvalue weighted by atomic mass is 9.81. The molecule has 3 heterocycles. The first-order chi connectivity index (χ1) is 16.4. The number of aryl methyl sites for hydroxylation is 1. The number of benzene rings is 1. The van der Waals surface area contributed by atoms with Crippen LogP contribution >= 0.6 is 11.8 Å². The zero-order valence-electron chi connectivity index (χ0n) is 18.8. The number of para-hydroxylation sites is 1. The average Bonchev–Trinajstić information content (AvgIpc) is 2.83. The van der Waals surface area contributed by atoms with Crippen molar-refractivity contribution in [3.63, 3.8) is 0 Å². The van der Waals surface area contributed by atoms with Crippen LogP contribution in [0.5, 0.6) is 0 Å². The van der Waals surface area contributed by atoms with Gasteiger partial charge in [0.15, 0.2) is 0 Å². The van der Waals surface area contributed by atoms with Crippen LogP contribution in [0.3, 0.4) is 0 Å². The van der Waals surface area contributed by atoms with Gasteiger partial charge in [-0.3, -0.25) is 14.6 Å². The number of carbonyl (C=O) groups excluding carboxylic acids is 2. The molecular weight excluding hydrogens is 452 g/mol. The minimum atomic E-state index is -1.43. The number of nitrogens with one attached hydrogen (secondary N) is 3. The van der Waals surface area contributed by atoms with Crippen molar-refractivity contribution in [2.75, 3.05) is 16.4 Å². The van der Waals surface area contributed by atoms with Gasteiger partial charge < -0.3 is 21.1 Å². The molecule has 0 saturated heterocycles. The lowest BCUT2D eigenvalue weighted by Gasteiger charge is -2.35. The van der Waals surface area contributed by atoms with Crippen molar-refractivity contribution in [1.82, 2.24) is 20.3 Å². The molecule has 0 bridgehead atoms. The maximum atomic E-state index is 13.0. The highest BCUT2D eigenvalue weighted by molar-refractivity contribution is 8.00. The van der Waals surface area contributed by atoms with E-state index in [-0.39, 0.29) is 11.9 Å². The molecule has 2 aromatic heterocycles. The number of rotatable bonds is 5. The number of anilines is 2. The van der Waals surface area contributed by atoms with Crippen molar-refractivity contribution in [1.29, 1.82) is 0 Å². The molecule has 176 valence electrons. The van der Waals surface area contributed by atoms with E-state index in [0.717, 1.165) is 16.3 Å². The van der Waals surface area contributed by atoms with E-state index < -0.39 is 11.5 Å². The maximum absolute atomic E-state index is 13.0. The summed E-state index contributed by atoms with van der Waals surface area (Å²) in [5, 5.41) is 20.2. The van der Waals surface area contributed by atoms with E-state index in [2.05, 4.69) is 30.9 Å². The second-order valence-corrected chi connectivity index (χ2v) is 9.83. The number of amides is 2. The lowest BCUT2D eigenvalue weighted by Crippen LogP contribution is -2.48. The Hall–Kier alpha value is -3.08. The standard InChI is InChI=1S/C24H26N6O3S/c1-14-11-26-21-17(27-14)3-2-4-18(21)29-23(32)24(33)9-7-15(8-10-24)25-12-16-5-6-19-22(28-16)30-20(31)13-34-19/h2-6,11,15,25,33H,7-10,12-13H2,1H3,(H,29,32)(H,28,30,31). The van der Waals surface area contributed by atoms with Gasteiger partial charge in [-0.2, -0.15) is 0 Å². The van der Waals surface area contributed by atoms with Gasteiger partial charge in [-0.1, -0.05) is 6.07 Å². The third kappa shape index (κ3) is 4.75. The molecule has 0 radical (unpaired) electrons. The zero-order valence-corrected chi connectivity index (χ0v) is 19.6. The summed E-state index contributed by atoms with van der Waals surface area (Å²) >= 11 is 1.49. The normalized spacial score (nSPS) is 22.2. The van der Waals surface area contributed by atoms with Gasteiger partial charge in [-0.25, -0.2) is 9.97 Å². The molecule has 1 saturated carbocycles. The minimum Gasteiger partial charge on any atom is -0.380 e. The number of pyridine rings is 1. The van der Waals surface area contributed by atoms with Gasteiger partial charge in [0.2, 0.25) is 5.91 Å². The monoisotopic (exact) mass is 478 g/mol. The first kappa shape index (κ1) is 22.7. The number of thioether (sulfide) groups is 1. The van der Waals surface area contributed by atoms with Gasteiger partial charge in [-0.15, -0.1) is 11.8 Å². The van der Waals surface area contributed by atoms with E-state index in [4.69, 9.17) is 0 Å². The molecule has 1 aliphatic carbocycles. The molecule has 0 unspecified atom stereocenters. The van der Waals surface area contributed by atoms with Crippen LogP contribution in [0, 0.1) is 6.92 Å². The van der Waals surface area contributed by atoms with Crippen molar-refractivity contribution in [3.05, 3.63) is 47.9 Å². The van der Waals surface area contributed by atoms with Gasteiger partial charge in [0, 0.05) is 18.8 Å². The van der Waals surface area contributed by atoms with Crippen LogP contribution in [0.2, 0.25) is 0 Å². The van der Waals surface area contributed by atoms with Gasteiger partial charge in [0.05, 0.1) is 33.2 Å². The van der Waals surface area contributed by atoms with Crippen LogP contribution in [0.15, 0.2) is 41.4 Å². The van der Waals surface area contributed by atoms with Crippen LogP contribution in [-0.2, 0) is 16.1 Å². The third-order valence-electron chi connectivity index (χ3n) is 6.28. The molecule has 10 heteroatoms. The Morgan fingerprint density at radius 1 is 1.24 bits per heavy atom. The van der Waals surface area contributed by atoms with Crippen molar-refractivity contribution >= 4 is 46.1 Å². The molecule has 4 N–H and O–H groups in total. The van der Waals surface area contributed by atoms with Gasteiger partial charge in [-0.05, 0) is 56.9 Å². The molecule has 0 atom stereocenters. The molecule has 9 nitrogen and oxygen atoms in total. The highest BCUT2D eigenvalue weighted by atomic mass is 32.2. The fourth-order valence-corrected chi connectivity index (χ4v) is 5.11. The van der Waals surface area contributed by atoms with Crippen molar-refractivity contribution in [2.24, 2.45) is 0 Å². The number of carbonyl (C=O) groups is 2. The number of hydrogen-bond donors (Lipinski definition) is 4. The lowest BCUT2D eigenvalue weighted by molar-refractivity contribution is -0.137. The summed E-state index contributed by atoms with van der Waals surface area (Å²) in [5.41, 5.74) is 2.07. The van der Waals surface area contributed by atoms with Gasteiger partial charge >= 0.3 is 0 Å². The Morgan fingerprint density at radius 3 is 2.88 bits per heavy atom. The number of hydrogen-bond acceptors (Lipinski definition) is 8. The van der Waals surface area contributed by atoms with E-state index in [0.29, 0.717) is 60.5 Å². The maximum Gasteiger partial charge on any atom is 0.256 e. The predicted molar refractivity (Wildman–Crippen MR) is 131 cm³/mol. The Morgan fingerprint density at radius 2 is 2.06 bits per heavy atom. The average molecular weight is 479 g/mol. The van der Waals surface area contributed by atoms with Gasteiger partial charge in [0.1, 0.15) is 16.9 Å². The summed E-state index contributed by atoms with van der Waals surface area (Å²) in [4.78, 5) is 38.9. The fourth-order valence-electron chi connectivity index (χ4n) is 4.35. The molecule has 34 heavy (non-hydrogen) atoms. The Labute approximate surface area is 201 Å². The van der Waals surface area contributed by atoms with E-state index in [1.165, 1.54) is 11.8 Å². The van der Waals surface area contributed by atoms with E-state index in [1.54, 1.807) is 12.3 Å². The molecule has 1 aromatic carbocycles. The number of aromatic nitrogens is 3. The van der Waals surface area contributed by atoms with Crippen LogP contribution in [0.25, 0.3) is 11.0 Å². The summed E-state index contributed by atoms with van der Waals surface area (Å²) in [5.74, 6) is 0.581. The van der Waals surface area contributed by atoms with Crippen molar-refractivity contribution in [2.45, 2.75) is 55.7 Å². The summed E-state index contributed by atoms with van der Waals surface area (Å²) in [6, 6.07) is 9.54. The third-order valence-corrected chi connectivity index (χ3v) is 7.33. The molecule has 2 aliphatic rings. The molecule has 3 aromatic rings. The predicted octanol–water partition coefficient (Wildman–Crippen LogP) is 2.78. The second kappa shape index (κ2) is 9.28. The summed E-state index contributed by atoms with van der Waals surface area (Å²) in [7, 11) is 0. The van der Waals surface area contributed by atoms with Gasteiger partial charge in [0.25, 0.3) is 5.91 Å². The topological polar surface area (TPSA) is 129 Å². The number of aliphatic hydroxyl groups is 1. The quantitative estimate of drug-likeness (QED) is 0.441. The van der Waals surface area contributed by atoms with E-state index >= 15 is 0 Å². The van der Waals surface area contributed by atoms with Crippen LogP contribution in [-0.4, -0.2) is 49.3 Å². The zero-order chi connectivity index (χ0) is 23.7. The number of fused-ring (bicyclic) bond motifs is 2. The van der Waals surface area contributed by atoms with Crippen molar-refractivity contribution < 1.29 is 14.7 Å². The molecule has 2 amide bonds. The Balaban J connectivity index is 1.17. The molecule has 0 spiro atoms. The van der Waals surface area contributed by atoms with E-state index in [9.17, 15) is 14.7 Å². The summed E-state index contributed by atoms with van der Waals surface area (Å²) in [6.07, 6.45) is 3.70. The SMILES string of the molecule is Cc1cnc2c(NC(=O)C3(O)CCC(NCc4ccc5c(n4)NC(=O)CS5)CC3)cccc2n1.